The number of aryl methyl sites for hydroxylation is 1. The number of hydrogen-bond acceptors (Lipinski definition) is 3. The number of hydrogen-bond donors (Lipinski definition) is 0. The zero-order valence-corrected chi connectivity index (χ0v) is 10.7. The summed E-state index contributed by atoms with van der Waals surface area (Å²) in [5.41, 5.74) is -0.663. The molecule has 1 aromatic heterocycles. The van der Waals surface area contributed by atoms with Crippen molar-refractivity contribution in [3.63, 3.8) is 0 Å². The van der Waals surface area contributed by atoms with Gasteiger partial charge in [0.1, 0.15) is 5.56 Å². The molecule has 20 heavy (non-hydrogen) atoms. The summed E-state index contributed by atoms with van der Waals surface area (Å²) in [6.45, 7) is 1.74. The van der Waals surface area contributed by atoms with Gasteiger partial charge < -0.3 is 4.74 Å². The van der Waals surface area contributed by atoms with Gasteiger partial charge >= 0.3 is 12.1 Å². The van der Waals surface area contributed by atoms with E-state index in [1.54, 1.807) is 31.2 Å². The Labute approximate surface area is 112 Å². The van der Waals surface area contributed by atoms with Crippen LogP contribution in [0.4, 0.5) is 13.2 Å². The number of carbonyl (C=O) groups excluding carboxylic acids is 1. The van der Waals surface area contributed by atoms with Gasteiger partial charge in [-0.1, -0.05) is 18.2 Å². The van der Waals surface area contributed by atoms with Crippen LogP contribution in [0.1, 0.15) is 21.6 Å². The van der Waals surface area contributed by atoms with Gasteiger partial charge in [0.25, 0.3) is 0 Å². The Bertz CT molecular complexity index is 647. The van der Waals surface area contributed by atoms with E-state index in [9.17, 15) is 18.0 Å². The Morgan fingerprint density at radius 2 is 1.95 bits per heavy atom. The predicted molar refractivity (Wildman–Crippen MR) is 64.6 cm³/mol. The average molecular weight is 284 g/mol. The highest BCUT2D eigenvalue weighted by atomic mass is 19.4. The Kier molecular flexibility index (Phi) is 3.52. The van der Waals surface area contributed by atoms with E-state index in [0.717, 1.165) is 23.6 Å². The third-order valence-corrected chi connectivity index (χ3v) is 2.75. The fourth-order valence-corrected chi connectivity index (χ4v) is 1.79. The molecule has 0 aliphatic heterocycles. The van der Waals surface area contributed by atoms with Crippen LogP contribution < -0.4 is 0 Å². The van der Waals surface area contributed by atoms with Crippen LogP contribution in [0, 0.1) is 6.92 Å². The van der Waals surface area contributed by atoms with Gasteiger partial charge in [0, 0.05) is 6.20 Å². The highest BCUT2D eigenvalue weighted by Gasteiger charge is 2.39. The molecule has 0 radical (unpaired) electrons. The summed E-state index contributed by atoms with van der Waals surface area (Å²) in [7, 11) is 1.02. The molecular formula is C13H11F3N2O2. The Morgan fingerprint density at radius 1 is 1.30 bits per heavy atom. The van der Waals surface area contributed by atoms with Crippen molar-refractivity contribution in [2.24, 2.45) is 0 Å². The first kappa shape index (κ1) is 14.1. The van der Waals surface area contributed by atoms with E-state index < -0.39 is 23.4 Å². The van der Waals surface area contributed by atoms with Crippen molar-refractivity contribution in [2.75, 3.05) is 7.11 Å². The molecule has 0 aliphatic rings. The van der Waals surface area contributed by atoms with Crippen molar-refractivity contribution in [3.05, 3.63) is 47.3 Å². The number of alkyl halides is 3. The lowest BCUT2D eigenvalue weighted by molar-refractivity contribution is -0.141. The number of ether oxygens (including phenoxy) is 1. The van der Waals surface area contributed by atoms with Crippen molar-refractivity contribution >= 4 is 5.97 Å². The molecule has 1 heterocycles. The number of aromatic nitrogens is 2. The van der Waals surface area contributed by atoms with Gasteiger partial charge in [-0.2, -0.15) is 18.3 Å². The Hall–Kier alpha value is -2.31. The average Bonchev–Trinajstić information content (AvgIpc) is 2.83. The van der Waals surface area contributed by atoms with Crippen molar-refractivity contribution in [1.82, 2.24) is 9.78 Å². The number of halogens is 3. The van der Waals surface area contributed by atoms with Crippen LogP contribution in [0.5, 0.6) is 0 Å². The largest absolute Gasteiger partial charge is 0.465 e. The van der Waals surface area contributed by atoms with Crippen LogP contribution in [0.25, 0.3) is 5.69 Å². The molecule has 0 spiro atoms. The zero-order chi connectivity index (χ0) is 14.9. The van der Waals surface area contributed by atoms with Crippen molar-refractivity contribution in [2.45, 2.75) is 13.1 Å². The van der Waals surface area contributed by atoms with Gasteiger partial charge in [0.05, 0.1) is 12.8 Å². The number of methoxy groups -OCH3 is 1. The molecule has 2 aromatic rings. The molecule has 4 nitrogen and oxygen atoms in total. The van der Waals surface area contributed by atoms with Gasteiger partial charge in [0.15, 0.2) is 5.69 Å². The van der Waals surface area contributed by atoms with Crippen LogP contribution in [0.15, 0.2) is 30.5 Å². The summed E-state index contributed by atoms with van der Waals surface area (Å²) >= 11 is 0. The van der Waals surface area contributed by atoms with Gasteiger partial charge in [-0.3, -0.25) is 0 Å². The first-order chi connectivity index (χ1) is 9.34. The normalized spacial score (nSPS) is 11.4. The number of benzene rings is 1. The molecular weight excluding hydrogens is 273 g/mol. The minimum absolute atomic E-state index is 0.466. The van der Waals surface area contributed by atoms with E-state index in [1.165, 1.54) is 0 Å². The van der Waals surface area contributed by atoms with Gasteiger partial charge in [0.2, 0.25) is 0 Å². The highest BCUT2D eigenvalue weighted by molar-refractivity contribution is 5.90. The summed E-state index contributed by atoms with van der Waals surface area (Å²) in [4.78, 5) is 11.4. The summed E-state index contributed by atoms with van der Waals surface area (Å²) in [5.74, 6) is -1.07. The van der Waals surface area contributed by atoms with E-state index >= 15 is 0 Å². The number of carbonyl (C=O) groups is 1. The van der Waals surface area contributed by atoms with Crippen molar-refractivity contribution < 1.29 is 22.7 Å². The standard InChI is InChI=1S/C13H11F3N2O2/c1-8-5-3-4-6-10(8)18-7-9(12(19)20-2)11(17-18)13(14,15)16/h3-7H,1-2H3. The van der Waals surface area contributed by atoms with Crippen LogP contribution >= 0.6 is 0 Å². The highest BCUT2D eigenvalue weighted by Crippen LogP contribution is 2.32. The smallest absolute Gasteiger partial charge is 0.436 e. The van der Waals surface area contributed by atoms with Gasteiger partial charge in [-0.05, 0) is 18.6 Å². The monoisotopic (exact) mass is 284 g/mol. The molecule has 0 amide bonds. The molecule has 0 bridgehead atoms. The van der Waals surface area contributed by atoms with Crippen molar-refractivity contribution in [1.29, 1.82) is 0 Å². The molecule has 106 valence electrons. The lowest BCUT2D eigenvalue weighted by Gasteiger charge is -2.05. The molecule has 0 N–H and O–H groups in total. The first-order valence-corrected chi connectivity index (χ1v) is 5.65. The van der Waals surface area contributed by atoms with Crippen LogP contribution in [-0.4, -0.2) is 22.9 Å². The van der Waals surface area contributed by atoms with E-state index in [-0.39, 0.29) is 0 Å². The minimum atomic E-state index is -4.72. The molecule has 2 rings (SSSR count). The summed E-state index contributed by atoms with van der Waals surface area (Å²) in [6.07, 6.45) is -3.70. The number of rotatable bonds is 2. The third kappa shape index (κ3) is 2.52. The van der Waals surface area contributed by atoms with Gasteiger partial charge in [-0.15, -0.1) is 0 Å². The molecule has 0 unspecified atom stereocenters. The number of esters is 1. The molecule has 0 fully saturated rings. The second-order valence-electron chi connectivity index (χ2n) is 4.11. The SMILES string of the molecule is COC(=O)c1cn(-c2ccccc2C)nc1C(F)(F)F. The Balaban J connectivity index is 2.61. The minimum Gasteiger partial charge on any atom is -0.465 e. The van der Waals surface area contributed by atoms with E-state index in [2.05, 4.69) is 9.84 Å². The number of nitrogens with zero attached hydrogens (tertiary/aromatic N) is 2. The third-order valence-electron chi connectivity index (χ3n) is 2.75. The van der Waals surface area contributed by atoms with Crippen molar-refractivity contribution in [3.8, 4) is 5.69 Å². The first-order valence-electron chi connectivity index (χ1n) is 5.65. The van der Waals surface area contributed by atoms with Gasteiger partial charge in [-0.25, -0.2) is 9.48 Å². The molecule has 0 saturated heterocycles. The molecule has 7 heteroatoms. The Morgan fingerprint density at radius 3 is 2.50 bits per heavy atom. The maximum atomic E-state index is 12.9. The quantitative estimate of drug-likeness (QED) is 0.796. The molecule has 0 atom stereocenters. The predicted octanol–water partition coefficient (Wildman–Crippen LogP) is 2.99. The number of para-hydroxylation sites is 1. The second-order valence-corrected chi connectivity index (χ2v) is 4.11. The van der Waals surface area contributed by atoms with Crippen LogP contribution in [0.2, 0.25) is 0 Å². The van der Waals surface area contributed by atoms with Crippen LogP contribution in [-0.2, 0) is 10.9 Å². The summed E-state index contributed by atoms with van der Waals surface area (Å²) < 4.78 is 44.1. The summed E-state index contributed by atoms with van der Waals surface area (Å²) in [6, 6.07) is 6.79. The van der Waals surface area contributed by atoms with E-state index in [0.29, 0.717) is 5.69 Å². The molecule has 1 aromatic carbocycles. The van der Waals surface area contributed by atoms with Crippen LogP contribution in [0.3, 0.4) is 0 Å². The molecule has 0 aliphatic carbocycles. The van der Waals surface area contributed by atoms with E-state index in [4.69, 9.17) is 0 Å². The zero-order valence-electron chi connectivity index (χ0n) is 10.7. The lowest BCUT2D eigenvalue weighted by Crippen LogP contribution is -2.13. The maximum Gasteiger partial charge on any atom is 0.436 e. The lowest BCUT2D eigenvalue weighted by atomic mass is 10.2. The fraction of sp³-hybridized carbons (Fsp3) is 0.231. The second kappa shape index (κ2) is 4.99. The molecule has 0 saturated carbocycles. The topological polar surface area (TPSA) is 44.1 Å². The summed E-state index contributed by atoms with van der Waals surface area (Å²) in [5, 5.41) is 3.47. The van der Waals surface area contributed by atoms with E-state index in [1.807, 2.05) is 0 Å². The fourth-order valence-electron chi connectivity index (χ4n) is 1.79. The maximum absolute atomic E-state index is 12.9.